The molecule has 0 aromatic heterocycles. The second-order valence-corrected chi connectivity index (χ2v) is 4.69. The number of nitrogens with zero attached hydrogens (tertiary/aromatic N) is 2. The number of rotatable bonds is 4. The van der Waals surface area contributed by atoms with Gasteiger partial charge in [0, 0.05) is 17.7 Å². The van der Waals surface area contributed by atoms with Crippen molar-refractivity contribution in [3.8, 4) is 0 Å². The van der Waals surface area contributed by atoms with E-state index in [1.165, 1.54) is 24.3 Å². The zero-order valence-electron chi connectivity index (χ0n) is 9.57. The van der Waals surface area contributed by atoms with E-state index in [4.69, 9.17) is 0 Å². The highest BCUT2D eigenvalue weighted by Gasteiger charge is 2.31. The lowest BCUT2D eigenvalue weighted by molar-refractivity contribution is -0.384. The molecule has 0 bridgehead atoms. The van der Waals surface area contributed by atoms with Crippen molar-refractivity contribution >= 4 is 34.4 Å². The van der Waals surface area contributed by atoms with Crippen molar-refractivity contribution in [2.45, 2.75) is 0 Å². The minimum atomic E-state index is -0.571. The van der Waals surface area contributed by atoms with Gasteiger partial charge in [-0.15, -0.1) is 0 Å². The fraction of sp³-hybridized carbons (Fsp3) is 0.182. The number of imide groups is 1. The molecule has 0 N–H and O–H groups in total. The first-order chi connectivity index (χ1) is 8.99. The molecule has 2 rings (SSSR count). The highest BCUT2D eigenvalue weighted by Crippen LogP contribution is 2.19. The van der Waals surface area contributed by atoms with E-state index in [2.05, 4.69) is 0 Å². The number of hydrogen-bond acceptors (Lipinski definition) is 6. The Labute approximate surface area is 111 Å². The number of ketones is 1. The monoisotopic (exact) mass is 280 g/mol. The molecule has 0 radical (unpaired) electrons. The van der Waals surface area contributed by atoms with Crippen molar-refractivity contribution in [1.29, 1.82) is 0 Å². The van der Waals surface area contributed by atoms with E-state index in [0.29, 0.717) is 0 Å². The molecule has 0 saturated carbocycles. The summed E-state index contributed by atoms with van der Waals surface area (Å²) < 4.78 is 0. The number of non-ortho nitro benzene ring substituents is 1. The van der Waals surface area contributed by atoms with Crippen molar-refractivity contribution in [2.24, 2.45) is 0 Å². The van der Waals surface area contributed by atoms with Gasteiger partial charge in [0.25, 0.3) is 10.9 Å². The van der Waals surface area contributed by atoms with Crippen molar-refractivity contribution < 1.29 is 19.3 Å². The van der Waals surface area contributed by atoms with Gasteiger partial charge in [0.05, 0.1) is 17.2 Å². The van der Waals surface area contributed by atoms with Gasteiger partial charge in [-0.2, -0.15) is 0 Å². The van der Waals surface area contributed by atoms with Crippen LogP contribution in [0.3, 0.4) is 0 Å². The van der Waals surface area contributed by atoms with Gasteiger partial charge in [0.15, 0.2) is 5.78 Å². The van der Waals surface area contributed by atoms with Crippen LogP contribution in [0, 0.1) is 10.1 Å². The maximum absolute atomic E-state index is 11.8. The Morgan fingerprint density at radius 3 is 2.42 bits per heavy atom. The van der Waals surface area contributed by atoms with Crippen LogP contribution in [0.5, 0.6) is 0 Å². The van der Waals surface area contributed by atoms with Gasteiger partial charge in [-0.1, -0.05) is 11.8 Å². The molecule has 0 spiro atoms. The maximum Gasteiger partial charge on any atom is 0.289 e. The second kappa shape index (κ2) is 5.19. The summed E-state index contributed by atoms with van der Waals surface area (Å²) >= 11 is 0.853. The van der Waals surface area contributed by atoms with Gasteiger partial charge < -0.3 is 0 Å². The third-order valence-electron chi connectivity index (χ3n) is 2.54. The molecule has 0 atom stereocenters. The molecule has 1 aliphatic rings. The van der Waals surface area contributed by atoms with Gasteiger partial charge in [-0.25, -0.2) is 0 Å². The lowest BCUT2D eigenvalue weighted by Crippen LogP contribution is -2.33. The molecule has 1 aliphatic heterocycles. The molecule has 1 fully saturated rings. The fourth-order valence-corrected chi connectivity index (χ4v) is 2.26. The number of hydrogen-bond donors (Lipinski definition) is 0. The normalized spacial score (nSPS) is 14.8. The molecule has 1 aromatic carbocycles. The molecular formula is C11H8N2O5S. The first kappa shape index (κ1) is 13.2. The number of carbonyl (C=O) groups is 3. The SMILES string of the molecule is O=C(CN1C(=O)CSC1=O)c1ccc([N+](=O)[O-])cc1. The number of carbonyl (C=O) groups excluding carboxylic acids is 3. The van der Waals surface area contributed by atoms with E-state index < -0.39 is 21.9 Å². The van der Waals surface area contributed by atoms with Crippen molar-refractivity contribution in [3.05, 3.63) is 39.9 Å². The smallest absolute Gasteiger partial charge is 0.289 e. The number of thioether (sulfide) groups is 1. The van der Waals surface area contributed by atoms with E-state index in [9.17, 15) is 24.5 Å². The van der Waals surface area contributed by atoms with Crippen molar-refractivity contribution in [2.75, 3.05) is 12.3 Å². The van der Waals surface area contributed by atoms with E-state index in [1.54, 1.807) is 0 Å². The Morgan fingerprint density at radius 2 is 1.95 bits per heavy atom. The van der Waals surface area contributed by atoms with Gasteiger partial charge >= 0.3 is 0 Å². The molecule has 1 aromatic rings. The van der Waals surface area contributed by atoms with Crippen LogP contribution in [0.2, 0.25) is 0 Å². The summed E-state index contributed by atoms with van der Waals surface area (Å²) in [6, 6.07) is 5.02. The van der Waals surface area contributed by atoms with Gasteiger partial charge in [0.1, 0.15) is 0 Å². The standard InChI is InChI=1S/C11H8N2O5S/c14-9(5-12-10(15)6-19-11(12)16)7-1-3-8(4-2-7)13(17)18/h1-4H,5-6H2. The van der Waals surface area contributed by atoms with E-state index in [0.717, 1.165) is 16.7 Å². The van der Waals surface area contributed by atoms with Crippen LogP contribution in [0.25, 0.3) is 0 Å². The van der Waals surface area contributed by atoms with E-state index in [1.807, 2.05) is 0 Å². The maximum atomic E-state index is 11.8. The molecule has 1 heterocycles. The predicted molar refractivity (Wildman–Crippen MR) is 67.0 cm³/mol. The Bertz CT molecular complexity index is 553. The third kappa shape index (κ3) is 2.79. The average Bonchev–Trinajstić information content (AvgIpc) is 2.70. The molecule has 0 unspecified atom stereocenters. The Balaban J connectivity index is 2.09. The zero-order chi connectivity index (χ0) is 14.0. The van der Waals surface area contributed by atoms with Crippen LogP contribution in [-0.2, 0) is 4.79 Å². The van der Waals surface area contributed by atoms with E-state index >= 15 is 0 Å². The predicted octanol–water partition coefficient (Wildman–Crippen LogP) is 1.47. The molecule has 2 amide bonds. The van der Waals surface area contributed by atoms with Crippen LogP contribution in [0.1, 0.15) is 10.4 Å². The highest BCUT2D eigenvalue weighted by molar-refractivity contribution is 8.14. The van der Waals surface area contributed by atoms with Gasteiger partial charge in [-0.05, 0) is 12.1 Å². The summed E-state index contributed by atoms with van der Waals surface area (Å²) in [4.78, 5) is 45.3. The average molecular weight is 280 g/mol. The quantitative estimate of drug-likeness (QED) is 0.470. The zero-order valence-corrected chi connectivity index (χ0v) is 10.4. The largest absolute Gasteiger partial charge is 0.292 e. The molecule has 7 nitrogen and oxygen atoms in total. The molecular weight excluding hydrogens is 272 g/mol. The summed E-state index contributed by atoms with van der Waals surface area (Å²) in [5, 5.41) is 10.0. The number of nitro groups is 1. The summed E-state index contributed by atoms with van der Waals surface area (Å²) in [6.45, 7) is -0.331. The van der Waals surface area contributed by atoms with Crippen LogP contribution in [0.4, 0.5) is 10.5 Å². The second-order valence-electron chi connectivity index (χ2n) is 3.76. The molecule has 19 heavy (non-hydrogen) atoms. The summed E-state index contributed by atoms with van der Waals surface area (Å²) in [5.74, 6) is -0.781. The Hall–Kier alpha value is -2.22. The van der Waals surface area contributed by atoms with Gasteiger partial charge in [-0.3, -0.25) is 29.4 Å². The number of benzene rings is 1. The Kier molecular flexibility index (Phi) is 3.61. The number of Topliss-reactive ketones (excluding diaryl/α,β-unsaturated/α-hetero) is 1. The minimum absolute atomic E-state index is 0.0480. The third-order valence-corrected chi connectivity index (χ3v) is 3.40. The first-order valence-corrected chi connectivity index (χ1v) is 6.22. The molecule has 98 valence electrons. The topological polar surface area (TPSA) is 97.6 Å². The van der Waals surface area contributed by atoms with Crippen LogP contribution < -0.4 is 0 Å². The van der Waals surface area contributed by atoms with Crippen LogP contribution in [-0.4, -0.2) is 39.1 Å². The number of amides is 2. The van der Waals surface area contributed by atoms with Crippen molar-refractivity contribution in [1.82, 2.24) is 4.90 Å². The summed E-state index contributed by atoms with van der Waals surface area (Å²) in [5.41, 5.74) is 0.100. The summed E-state index contributed by atoms with van der Waals surface area (Å²) in [7, 11) is 0. The molecule has 1 saturated heterocycles. The lowest BCUT2D eigenvalue weighted by Gasteiger charge is -2.11. The molecule has 8 heteroatoms. The Morgan fingerprint density at radius 1 is 1.32 bits per heavy atom. The summed E-state index contributed by atoms with van der Waals surface area (Å²) in [6.07, 6.45) is 0. The van der Waals surface area contributed by atoms with Crippen LogP contribution in [0.15, 0.2) is 24.3 Å². The minimum Gasteiger partial charge on any atom is -0.292 e. The van der Waals surface area contributed by atoms with Gasteiger partial charge in [0.2, 0.25) is 5.91 Å². The van der Waals surface area contributed by atoms with Crippen molar-refractivity contribution in [3.63, 3.8) is 0 Å². The number of nitro benzene ring substituents is 1. The first-order valence-electron chi connectivity index (χ1n) is 5.24. The fourth-order valence-electron chi connectivity index (χ4n) is 1.54. The highest BCUT2D eigenvalue weighted by atomic mass is 32.2. The lowest BCUT2D eigenvalue weighted by atomic mass is 10.1. The molecule has 0 aliphatic carbocycles. The van der Waals surface area contributed by atoms with E-state index in [-0.39, 0.29) is 23.5 Å². The van der Waals surface area contributed by atoms with Crippen LogP contribution >= 0.6 is 11.8 Å².